The van der Waals surface area contributed by atoms with Gasteiger partial charge in [-0.2, -0.15) is 9.04 Å². The lowest BCUT2D eigenvalue weighted by Gasteiger charge is -2.25. The summed E-state index contributed by atoms with van der Waals surface area (Å²) in [5, 5.41) is 11.2. The van der Waals surface area contributed by atoms with Gasteiger partial charge in [0.25, 0.3) is 0 Å². The molecule has 0 radical (unpaired) electrons. The molecule has 0 fully saturated rings. The molecule has 0 aliphatic carbocycles. The van der Waals surface area contributed by atoms with E-state index in [1.54, 1.807) is 63.3 Å². The summed E-state index contributed by atoms with van der Waals surface area (Å²) >= 11 is 0. The van der Waals surface area contributed by atoms with E-state index in [1.165, 1.54) is 43.8 Å². The predicted molar refractivity (Wildman–Crippen MR) is 139 cm³/mol. The summed E-state index contributed by atoms with van der Waals surface area (Å²) in [4.78, 5) is 12.6. The van der Waals surface area contributed by atoms with Crippen molar-refractivity contribution < 1.29 is 32.2 Å². The largest absolute Gasteiger partial charge is 0.619 e. The van der Waals surface area contributed by atoms with Crippen molar-refractivity contribution in [2.45, 2.75) is 31.3 Å². The highest BCUT2D eigenvalue weighted by atomic mass is 32.2. The highest BCUT2D eigenvalue weighted by molar-refractivity contribution is 7.89. The summed E-state index contributed by atoms with van der Waals surface area (Å²) in [7, 11) is -2.64. The summed E-state index contributed by atoms with van der Waals surface area (Å²) in [6, 6.07) is 16.3. The van der Waals surface area contributed by atoms with Crippen molar-refractivity contribution in [3.8, 4) is 11.5 Å². The maximum Gasteiger partial charge on any atom is 0.321 e. The van der Waals surface area contributed by atoms with Gasteiger partial charge in [-0.15, -0.1) is 0 Å². The molecule has 1 aromatic heterocycles. The Kier molecular flexibility index (Phi) is 8.90. The van der Waals surface area contributed by atoms with Gasteiger partial charge in [0, 0.05) is 17.7 Å². The first-order valence-corrected chi connectivity index (χ1v) is 12.9. The first-order chi connectivity index (χ1) is 17.5. The van der Waals surface area contributed by atoms with Gasteiger partial charge >= 0.3 is 5.97 Å². The number of sulfonamides is 1. The van der Waals surface area contributed by atoms with Crippen LogP contribution in [0.2, 0.25) is 0 Å². The van der Waals surface area contributed by atoms with Gasteiger partial charge in [0.1, 0.15) is 23.6 Å². The van der Waals surface area contributed by atoms with Crippen molar-refractivity contribution in [1.82, 2.24) is 4.31 Å². The number of esters is 1. The number of carbonyl (C=O) groups is 1. The van der Waals surface area contributed by atoms with Crippen molar-refractivity contribution in [3.63, 3.8) is 0 Å². The molecule has 9 nitrogen and oxygen atoms in total. The Morgan fingerprint density at radius 2 is 1.65 bits per heavy atom. The van der Waals surface area contributed by atoms with Gasteiger partial charge in [-0.05, 0) is 56.7 Å². The standard InChI is InChI=1S/C27H30N2O7S/c1-27(2,3)36-26(30)19-29(37(32,33)24-13-11-23(34-4)12-14-24)20-35-25-8-6-5-7-22(25)10-9-21-15-17-28(31)18-16-21/h5-18H,19-20H2,1-4H3/b10-9+. The van der Waals surface area contributed by atoms with Crippen LogP contribution >= 0.6 is 0 Å². The van der Waals surface area contributed by atoms with Crippen LogP contribution in [-0.2, 0) is 19.6 Å². The smallest absolute Gasteiger partial charge is 0.321 e. The Morgan fingerprint density at radius 3 is 2.27 bits per heavy atom. The average Bonchev–Trinajstić information content (AvgIpc) is 2.85. The van der Waals surface area contributed by atoms with Crippen LogP contribution in [0, 0.1) is 5.21 Å². The third-order valence-corrected chi connectivity index (χ3v) is 6.77. The number of rotatable bonds is 10. The number of para-hydroxylation sites is 1. The zero-order valence-electron chi connectivity index (χ0n) is 21.2. The van der Waals surface area contributed by atoms with E-state index in [9.17, 15) is 18.4 Å². The van der Waals surface area contributed by atoms with Gasteiger partial charge in [0.05, 0.1) is 12.0 Å². The molecular weight excluding hydrogens is 496 g/mol. The molecule has 0 spiro atoms. The summed E-state index contributed by atoms with van der Waals surface area (Å²) < 4.78 is 44.8. The Balaban J connectivity index is 1.85. The molecule has 0 saturated heterocycles. The van der Waals surface area contributed by atoms with Gasteiger partial charge in [0.2, 0.25) is 10.0 Å². The molecule has 0 saturated carbocycles. The fraction of sp³-hybridized carbons (Fsp3) is 0.259. The monoisotopic (exact) mass is 526 g/mol. The number of hydrogen-bond donors (Lipinski definition) is 0. The van der Waals surface area contributed by atoms with E-state index >= 15 is 0 Å². The van der Waals surface area contributed by atoms with Crippen LogP contribution in [0.25, 0.3) is 12.2 Å². The summed E-state index contributed by atoms with van der Waals surface area (Å²) in [6.45, 7) is 4.14. The predicted octanol–water partition coefficient (Wildman–Crippen LogP) is 3.87. The second kappa shape index (κ2) is 11.9. The highest BCUT2D eigenvalue weighted by Crippen LogP contribution is 2.24. The van der Waals surface area contributed by atoms with Gasteiger partial charge in [-0.1, -0.05) is 30.4 Å². The molecule has 0 amide bonds. The van der Waals surface area contributed by atoms with Crippen LogP contribution in [-0.4, -0.2) is 44.7 Å². The van der Waals surface area contributed by atoms with E-state index < -0.39 is 34.9 Å². The lowest BCUT2D eigenvalue weighted by atomic mass is 10.1. The molecular formula is C27H30N2O7S. The van der Waals surface area contributed by atoms with Crippen molar-refractivity contribution in [3.05, 3.63) is 89.4 Å². The number of pyridine rings is 1. The lowest BCUT2D eigenvalue weighted by molar-refractivity contribution is -0.605. The third-order valence-electron chi connectivity index (χ3n) is 4.99. The maximum atomic E-state index is 13.4. The second-order valence-corrected chi connectivity index (χ2v) is 11.0. The fourth-order valence-electron chi connectivity index (χ4n) is 3.23. The molecule has 2 aromatic carbocycles. The molecule has 0 bridgehead atoms. The molecule has 3 aromatic rings. The first-order valence-electron chi connectivity index (χ1n) is 11.4. The molecule has 37 heavy (non-hydrogen) atoms. The number of aromatic nitrogens is 1. The minimum absolute atomic E-state index is 0.0201. The molecule has 0 aliphatic rings. The van der Waals surface area contributed by atoms with Crippen molar-refractivity contribution in [2.24, 2.45) is 0 Å². The fourth-order valence-corrected chi connectivity index (χ4v) is 4.47. The highest BCUT2D eigenvalue weighted by Gasteiger charge is 2.29. The number of benzene rings is 2. The molecule has 0 atom stereocenters. The number of ether oxygens (including phenoxy) is 3. The average molecular weight is 527 g/mol. The molecule has 0 aliphatic heterocycles. The topological polar surface area (TPSA) is 109 Å². The van der Waals surface area contributed by atoms with Crippen molar-refractivity contribution in [1.29, 1.82) is 0 Å². The van der Waals surface area contributed by atoms with Crippen LogP contribution in [0.1, 0.15) is 31.9 Å². The van der Waals surface area contributed by atoms with Crippen molar-refractivity contribution >= 4 is 28.1 Å². The molecule has 0 N–H and O–H groups in total. The zero-order valence-corrected chi connectivity index (χ0v) is 22.0. The Morgan fingerprint density at radius 1 is 1.00 bits per heavy atom. The van der Waals surface area contributed by atoms with Gasteiger partial charge < -0.3 is 19.4 Å². The Bertz CT molecular complexity index is 1330. The summed E-state index contributed by atoms with van der Waals surface area (Å²) in [6.07, 6.45) is 6.37. The normalized spacial score (nSPS) is 12.0. The molecule has 3 rings (SSSR count). The van der Waals surface area contributed by atoms with Gasteiger partial charge in [-0.3, -0.25) is 4.79 Å². The first kappa shape index (κ1) is 27.7. The van der Waals surface area contributed by atoms with Gasteiger partial charge in [-0.25, -0.2) is 8.42 Å². The molecule has 0 unspecified atom stereocenters. The van der Waals surface area contributed by atoms with Gasteiger partial charge in [0.15, 0.2) is 19.1 Å². The van der Waals surface area contributed by atoms with Crippen LogP contribution in [0.15, 0.2) is 78.0 Å². The van der Waals surface area contributed by atoms with E-state index in [1.807, 2.05) is 6.07 Å². The van der Waals surface area contributed by atoms with E-state index in [2.05, 4.69) is 0 Å². The molecule has 196 valence electrons. The van der Waals surface area contributed by atoms with E-state index in [-0.39, 0.29) is 4.90 Å². The van der Waals surface area contributed by atoms with Crippen LogP contribution in [0.3, 0.4) is 0 Å². The number of methoxy groups -OCH3 is 1. The summed E-state index contributed by atoms with van der Waals surface area (Å²) in [5.41, 5.74) is 0.698. The maximum absolute atomic E-state index is 13.4. The molecule has 1 heterocycles. The Labute approximate surface area is 217 Å². The van der Waals surface area contributed by atoms with E-state index in [0.717, 1.165) is 9.87 Å². The van der Waals surface area contributed by atoms with Crippen LogP contribution in [0.4, 0.5) is 0 Å². The quantitative estimate of drug-likeness (QED) is 0.171. The number of nitrogens with zero attached hydrogens (tertiary/aromatic N) is 2. The zero-order chi connectivity index (χ0) is 27.1. The van der Waals surface area contributed by atoms with Crippen LogP contribution < -0.4 is 14.2 Å². The van der Waals surface area contributed by atoms with E-state index in [4.69, 9.17) is 14.2 Å². The van der Waals surface area contributed by atoms with E-state index in [0.29, 0.717) is 21.8 Å². The minimum Gasteiger partial charge on any atom is -0.619 e. The van der Waals surface area contributed by atoms with Crippen molar-refractivity contribution in [2.75, 3.05) is 20.4 Å². The number of carbonyl (C=O) groups excluding carboxylic acids is 1. The lowest BCUT2D eigenvalue weighted by Crippen LogP contribution is -2.40. The number of hydrogen-bond acceptors (Lipinski definition) is 7. The molecule has 10 heteroatoms. The summed E-state index contributed by atoms with van der Waals surface area (Å²) in [5.74, 6) is 0.201. The van der Waals surface area contributed by atoms with Crippen LogP contribution in [0.5, 0.6) is 11.5 Å². The SMILES string of the molecule is COc1ccc(S(=O)(=O)N(COc2ccccc2/C=C/c2cc[n+]([O-])cc2)CC(=O)OC(C)(C)C)cc1. The minimum atomic E-state index is -4.12. The Hall–Kier alpha value is -3.89. The third kappa shape index (κ3) is 8.06. The second-order valence-electron chi connectivity index (χ2n) is 9.01.